The van der Waals surface area contributed by atoms with E-state index >= 15 is 0 Å². The van der Waals surface area contributed by atoms with Crippen LogP contribution >= 0.6 is 0 Å². The molecule has 0 atom stereocenters. The molecule has 0 unspecified atom stereocenters. The molecule has 0 saturated carbocycles. The second-order valence-electron chi connectivity index (χ2n) is 4.96. The summed E-state index contributed by atoms with van der Waals surface area (Å²) in [6.07, 6.45) is 17.2. The average molecular weight is 292 g/mol. The highest BCUT2D eigenvalue weighted by Gasteiger charge is 2.43. The van der Waals surface area contributed by atoms with Crippen LogP contribution in [0.25, 0.3) is 0 Å². The molecule has 0 radical (unpaired) electrons. The molecule has 0 aromatic carbocycles. The van der Waals surface area contributed by atoms with Gasteiger partial charge in [-0.25, -0.2) is 0 Å². The molecular weight excluding hydrogens is 276 g/mol. The fraction of sp³-hybridized carbons (Fsp3) is 0. The summed E-state index contributed by atoms with van der Waals surface area (Å²) in [5.41, 5.74) is 0. The first kappa shape index (κ1) is 12.1. The number of hydrogen-bond acceptors (Lipinski definition) is 0. The van der Waals surface area contributed by atoms with Crippen LogP contribution < -0.4 is 0 Å². The van der Waals surface area contributed by atoms with Crippen LogP contribution in [-0.2, 0) is 0 Å². The summed E-state index contributed by atoms with van der Waals surface area (Å²) in [4.78, 5) is 0. The SMILES string of the molecule is c1ccn([Si](n2cccc2)(n2cccc2)n2cccc2)c1. The molecule has 104 valence electrons. The zero-order valence-corrected chi connectivity index (χ0v) is 12.5. The molecule has 4 heterocycles. The van der Waals surface area contributed by atoms with Gasteiger partial charge in [-0.2, -0.15) is 0 Å². The third-order valence-electron chi connectivity index (χ3n) is 3.80. The van der Waals surface area contributed by atoms with Gasteiger partial charge in [-0.15, -0.1) is 0 Å². The Kier molecular flexibility index (Phi) is 2.72. The summed E-state index contributed by atoms with van der Waals surface area (Å²) in [6.45, 7) is 0. The van der Waals surface area contributed by atoms with Crippen molar-refractivity contribution in [3.05, 3.63) is 98.1 Å². The van der Waals surface area contributed by atoms with Crippen molar-refractivity contribution >= 4 is 8.72 Å². The van der Waals surface area contributed by atoms with Crippen LogP contribution in [0.2, 0.25) is 0 Å². The van der Waals surface area contributed by atoms with Crippen LogP contribution in [0, 0.1) is 0 Å². The molecule has 0 saturated heterocycles. The minimum absolute atomic E-state index is 2.08. The quantitative estimate of drug-likeness (QED) is 0.515. The van der Waals surface area contributed by atoms with Gasteiger partial charge in [0.1, 0.15) is 0 Å². The predicted octanol–water partition coefficient (Wildman–Crippen LogP) is 2.82. The molecule has 0 N–H and O–H groups in total. The molecule has 4 aromatic rings. The molecule has 0 spiro atoms. The van der Waals surface area contributed by atoms with Gasteiger partial charge in [-0.3, -0.25) is 0 Å². The molecule has 0 amide bonds. The summed E-state index contributed by atoms with van der Waals surface area (Å²) >= 11 is 0. The fourth-order valence-corrected chi connectivity index (χ4v) is 6.83. The summed E-state index contributed by atoms with van der Waals surface area (Å²) in [7, 11) is -2.42. The standard InChI is InChI=1S/C16H16N4Si/c1-2-10-17(9-1)21(18-11-3-4-12-18,19-13-5-6-14-19)20-15-7-8-16-20/h1-16H. The largest absolute Gasteiger partial charge is 0.517 e. The van der Waals surface area contributed by atoms with Crippen molar-refractivity contribution in [1.82, 2.24) is 16.9 Å². The van der Waals surface area contributed by atoms with Gasteiger partial charge in [0.05, 0.1) is 0 Å². The van der Waals surface area contributed by atoms with E-state index in [-0.39, 0.29) is 0 Å². The third kappa shape index (κ3) is 1.68. The highest BCUT2D eigenvalue weighted by Crippen LogP contribution is 2.18. The molecule has 5 heteroatoms. The lowest BCUT2D eigenvalue weighted by molar-refractivity contribution is 0.821. The second kappa shape index (κ2) is 4.71. The van der Waals surface area contributed by atoms with Gasteiger partial charge in [-0.05, 0) is 98.1 Å². The van der Waals surface area contributed by atoms with Crippen LogP contribution in [0.4, 0.5) is 0 Å². The van der Waals surface area contributed by atoms with E-state index in [0.717, 1.165) is 0 Å². The summed E-state index contributed by atoms with van der Waals surface area (Å²) < 4.78 is 9.31. The molecule has 0 aliphatic rings. The summed E-state index contributed by atoms with van der Waals surface area (Å²) in [6, 6.07) is 16.7. The lowest BCUT2D eigenvalue weighted by Crippen LogP contribution is -2.62. The smallest absolute Gasteiger partial charge is 0.329 e. The summed E-state index contributed by atoms with van der Waals surface area (Å²) in [5.74, 6) is 0. The molecular formula is C16H16N4Si. The minimum Gasteiger partial charge on any atom is -0.329 e. The van der Waals surface area contributed by atoms with E-state index < -0.39 is 8.72 Å². The van der Waals surface area contributed by atoms with E-state index in [1.807, 2.05) is 0 Å². The van der Waals surface area contributed by atoms with Gasteiger partial charge in [0.15, 0.2) is 0 Å². The Hall–Kier alpha value is -2.66. The highest BCUT2D eigenvalue weighted by atomic mass is 28.4. The van der Waals surface area contributed by atoms with Gasteiger partial charge in [-0.1, -0.05) is 0 Å². The average Bonchev–Trinajstić information content (AvgIpc) is 3.32. The fourth-order valence-electron chi connectivity index (χ4n) is 2.94. The van der Waals surface area contributed by atoms with E-state index in [2.05, 4.69) is 115 Å². The van der Waals surface area contributed by atoms with E-state index in [1.165, 1.54) is 0 Å². The first-order chi connectivity index (χ1) is 10.4. The first-order valence-electron chi connectivity index (χ1n) is 6.96. The number of rotatable bonds is 4. The van der Waals surface area contributed by atoms with Crippen molar-refractivity contribution in [2.24, 2.45) is 0 Å². The highest BCUT2D eigenvalue weighted by molar-refractivity contribution is 6.73. The van der Waals surface area contributed by atoms with Crippen LogP contribution in [0.3, 0.4) is 0 Å². The number of aromatic nitrogens is 4. The Morgan fingerprint density at radius 3 is 0.714 bits per heavy atom. The lowest BCUT2D eigenvalue weighted by Gasteiger charge is -2.35. The van der Waals surface area contributed by atoms with Crippen molar-refractivity contribution < 1.29 is 0 Å². The Balaban J connectivity index is 2.10. The van der Waals surface area contributed by atoms with Crippen molar-refractivity contribution in [2.45, 2.75) is 0 Å². The molecule has 4 rings (SSSR count). The minimum atomic E-state index is -2.42. The summed E-state index contributed by atoms with van der Waals surface area (Å²) in [5, 5.41) is 0. The normalized spacial score (nSPS) is 11.8. The van der Waals surface area contributed by atoms with E-state index in [1.54, 1.807) is 0 Å². The zero-order chi connectivity index (χ0) is 14.1. The first-order valence-corrected chi connectivity index (χ1v) is 8.75. The topological polar surface area (TPSA) is 19.7 Å². The number of hydrogen-bond donors (Lipinski definition) is 0. The van der Waals surface area contributed by atoms with Gasteiger partial charge in [0.2, 0.25) is 0 Å². The molecule has 4 nitrogen and oxygen atoms in total. The van der Waals surface area contributed by atoms with Gasteiger partial charge in [0, 0.05) is 0 Å². The van der Waals surface area contributed by atoms with E-state index in [9.17, 15) is 0 Å². The Morgan fingerprint density at radius 2 is 0.524 bits per heavy atom. The molecule has 0 aliphatic heterocycles. The molecule has 0 fully saturated rings. The molecule has 21 heavy (non-hydrogen) atoms. The molecule has 0 bridgehead atoms. The second-order valence-corrected chi connectivity index (χ2v) is 8.23. The van der Waals surface area contributed by atoms with Gasteiger partial charge >= 0.3 is 8.72 Å². The van der Waals surface area contributed by atoms with Crippen molar-refractivity contribution in [2.75, 3.05) is 0 Å². The van der Waals surface area contributed by atoms with Crippen LogP contribution in [0.1, 0.15) is 0 Å². The number of nitrogens with zero attached hydrogens (tertiary/aromatic N) is 4. The van der Waals surface area contributed by atoms with Crippen LogP contribution in [0.15, 0.2) is 98.1 Å². The zero-order valence-electron chi connectivity index (χ0n) is 11.5. The van der Waals surface area contributed by atoms with Gasteiger partial charge in [0.25, 0.3) is 0 Å². The van der Waals surface area contributed by atoms with E-state index in [4.69, 9.17) is 0 Å². The molecule has 0 aliphatic carbocycles. The van der Waals surface area contributed by atoms with Gasteiger partial charge < -0.3 is 16.9 Å². The van der Waals surface area contributed by atoms with E-state index in [0.29, 0.717) is 0 Å². The Labute approximate surface area is 124 Å². The maximum absolute atomic E-state index is 2.42. The van der Waals surface area contributed by atoms with Crippen molar-refractivity contribution in [1.29, 1.82) is 0 Å². The molecule has 4 aromatic heterocycles. The Bertz CT molecular complexity index is 638. The lowest BCUT2D eigenvalue weighted by atomic mass is 10.7. The van der Waals surface area contributed by atoms with Crippen LogP contribution in [-0.4, -0.2) is 25.7 Å². The van der Waals surface area contributed by atoms with Crippen molar-refractivity contribution in [3.8, 4) is 0 Å². The van der Waals surface area contributed by atoms with Crippen molar-refractivity contribution in [3.63, 3.8) is 0 Å². The maximum atomic E-state index is 2.33. The van der Waals surface area contributed by atoms with Crippen LogP contribution in [0.5, 0.6) is 0 Å². The maximum Gasteiger partial charge on any atom is 0.517 e. The third-order valence-corrected chi connectivity index (χ3v) is 7.77. The monoisotopic (exact) mass is 292 g/mol. The Morgan fingerprint density at radius 1 is 0.333 bits per heavy atom. The predicted molar refractivity (Wildman–Crippen MR) is 85.1 cm³/mol.